The van der Waals surface area contributed by atoms with E-state index < -0.39 is 0 Å². The minimum Gasteiger partial charge on any atom is -0.340 e. The van der Waals surface area contributed by atoms with E-state index >= 15 is 0 Å². The van der Waals surface area contributed by atoms with Crippen LogP contribution in [0.2, 0.25) is 0 Å². The summed E-state index contributed by atoms with van der Waals surface area (Å²) in [5.74, 6) is 0. The first-order valence-electron chi connectivity index (χ1n) is 3.90. The number of aromatic nitrogens is 1. The second-order valence-corrected chi connectivity index (χ2v) is 2.84. The van der Waals surface area contributed by atoms with Crippen molar-refractivity contribution >= 4 is 0 Å². The number of rotatable bonds is 2. The SMILES string of the molecule is CNCc1cc(C#N)n(C)c1C. The standard InChI is InChI=1S/C9H13N3/c1-7-8(6-11-2)4-9(5-10)12(7)3/h4,11H,6H2,1-3H3. The van der Waals surface area contributed by atoms with E-state index in [2.05, 4.69) is 11.4 Å². The Morgan fingerprint density at radius 3 is 2.75 bits per heavy atom. The normalized spacial score (nSPS) is 9.83. The zero-order chi connectivity index (χ0) is 9.14. The third kappa shape index (κ3) is 1.34. The van der Waals surface area contributed by atoms with Gasteiger partial charge in [-0.1, -0.05) is 0 Å². The van der Waals surface area contributed by atoms with Crippen molar-refractivity contribution in [2.24, 2.45) is 7.05 Å². The lowest BCUT2D eigenvalue weighted by Crippen LogP contribution is -2.05. The van der Waals surface area contributed by atoms with Crippen LogP contribution >= 0.6 is 0 Å². The molecule has 0 atom stereocenters. The largest absolute Gasteiger partial charge is 0.340 e. The number of nitriles is 1. The van der Waals surface area contributed by atoms with Crippen LogP contribution < -0.4 is 5.32 Å². The Kier molecular flexibility index (Phi) is 2.51. The lowest BCUT2D eigenvalue weighted by Gasteiger charge is -2.00. The van der Waals surface area contributed by atoms with Crippen LogP contribution in [0.3, 0.4) is 0 Å². The van der Waals surface area contributed by atoms with E-state index in [1.54, 1.807) is 0 Å². The zero-order valence-electron chi connectivity index (χ0n) is 7.68. The Hall–Kier alpha value is -1.27. The molecular formula is C9H13N3. The van der Waals surface area contributed by atoms with Crippen LogP contribution in [-0.2, 0) is 13.6 Å². The molecule has 3 nitrogen and oxygen atoms in total. The summed E-state index contributed by atoms with van der Waals surface area (Å²) in [5.41, 5.74) is 3.07. The predicted molar refractivity (Wildman–Crippen MR) is 47.6 cm³/mol. The average Bonchev–Trinajstić information content (AvgIpc) is 2.33. The molecule has 0 bridgehead atoms. The Balaban J connectivity index is 3.09. The van der Waals surface area contributed by atoms with Crippen molar-refractivity contribution in [3.63, 3.8) is 0 Å². The van der Waals surface area contributed by atoms with E-state index in [0.29, 0.717) is 0 Å². The van der Waals surface area contributed by atoms with Gasteiger partial charge in [0.15, 0.2) is 0 Å². The topological polar surface area (TPSA) is 40.8 Å². The van der Waals surface area contributed by atoms with Crippen molar-refractivity contribution in [2.75, 3.05) is 7.05 Å². The summed E-state index contributed by atoms with van der Waals surface area (Å²) in [6, 6.07) is 4.07. The first kappa shape index (κ1) is 8.82. The second-order valence-electron chi connectivity index (χ2n) is 2.84. The molecule has 0 amide bonds. The first-order valence-corrected chi connectivity index (χ1v) is 3.90. The van der Waals surface area contributed by atoms with E-state index in [-0.39, 0.29) is 0 Å². The predicted octanol–water partition coefficient (Wildman–Crippen LogP) is 0.925. The van der Waals surface area contributed by atoms with E-state index in [1.807, 2.05) is 31.7 Å². The summed E-state index contributed by atoms with van der Waals surface area (Å²) in [5, 5.41) is 11.8. The summed E-state index contributed by atoms with van der Waals surface area (Å²) in [6.45, 7) is 2.84. The molecule has 1 aromatic rings. The molecule has 0 saturated carbocycles. The monoisotopic (exact) mass is 163 g/mol. The molecule has 1 heterocycles. The molecule has 0 aliphatic heterocycles. The molecule has 0 radical (unpaired) electrons. The highest BCUT2D eigenvalue weighted by atomic mass is 15.0. The van der Waals surface area contributed by atoms with Crippen molar-refractivity contribution in [3.8, 4) is 6.07 Å². The molecule has 1 aromatic heterocycles. The van der Waals surface area contributed by atoms with Gasteiger partial charge in [-0.3, -0.25) is 0 Å². The fourth-order valence-electron chi connectivity index (χ4n) is 1.24. The van der Waals surface area contributed by atoms with Crippen molar-refractivity contribution in [3.05, 3.63) is 23.0 Å². The molecule has 0 aliphatic rings. The number of nitrogens with one attached hydrogen (secondary N) is 1. The maximum absolute atomic E-state index is 8.73. The quantitative estimate of drug-likeness (QED) is 0.704. The summed E-state index contributed by atoms with van der Waals surface area (Å²) in [7, 11) is 3.81. The highest BCUT2D eigenvalue weighted by molar-refractivity contribution is 5.33. The molecule has 1 rings (SSSR count). The maximum atomic E-state index is 8.73. The smallest absolute Gasteiger partial charge is 0.120 e. The Bertz CT molecular complexity index is 317. The fraction of sp³-hybridized carbons (Fsp3) is 0.444. The minimum atomic E-state index is 0.720. The second kappa shape index (κ2) is 3.42. The van der Waals surface area contributed by atoms with Crippen molar-refractivity contribution in [2.45, 2.75) is 13.5 Å². The summed E-state index contributed by atoms with van der Waals surface area (Å²) in [6.07, 6.45) is 0. The molecule has 12 heavy (non-hydrogen) atoms. The van der Waals surface area contributed by atoms with E-state index in [0.717, 1.165) is 17.9 Å². The molecule has 0 aromatic carbocycles. The van der Waals surface area contributed by atoms with Gasteiger partial charge >= 0.3 is 0 Å². The molecule has 0 aliphatic carbocycles. The molecule has 0 fully saturated rings. The lowest BCUT2D eigenvalue weighted by molar-refractivity contribution is 0.793. The average molecular weight is 163 g/mol. The number of hydrogen-bond donors (Lipinski definition) is 1. The maximum Gasteiger partial charge on any atom is 0.120 e. The van der Waals surface area contributed by atoms with Gasteiger partial charge in [-0.15, -0.1) is 0 Å². The molecule has 0 saturated heterocycles. The highest BCUT2D eigenvalue weighted by Crippen LogP contribution is 2.12. The third-order valence-corrected chi connectivity index (χ3v) is 2.12. The third-order valence-electron chi connectivity index (χ3n) is 2.12. The molecule has 1 N–H and O–H groups in total. The van der Waals surface area contributed by atoms with Crippen LogP contribution in [0.5, 0.6) is 0 Å². The van der Waals surface area contributed by atoms with Crippen molar-refractivity contribution in [1.82, 2.24) is 9.88 Å². The zero-order valence-corrected chi connectivity index (χ0v) is 7.68. The van der Waals surface area contributed by atoms with E-state index in [1.165, 1.54) is 5.56 Å². The van der Waals surface area contributed by atoms with Crippen molar-refractivity contribution < 1.29 is 0 Å². The number of hydrogen-bond acceptors (Lipinski definition) is 2. The number of nitrogens with zero attached hydrogens (tertiary/aromatic N) is 2. The molecule has 64 valence electrons. The highest BCUT2D eigenvalue weighted by Gasteiger charge is 2.06. The van der Waals surface area contributed by atoms with E-state index in [4.69, 9.17) is 5.26 Å². The van der Waals surface area contributed by atoms with Crippen LogP contribution in [-0.4, -0.2) is 11.6 Å². The van der Waals surface area contributed by atoms with Gasteiger partial charge in [0.2, 0.25) is 0 Å². The van der Waals surface area contributed by atoms with Gasteiger partial charge in [0.1, 0.15) is 11.8 Å². The van der Waals surface area contributed by atoms with Gasteiger partial charge in [0.25, 0.3) is 0 Å². The van der Waals surface area contributed by atoms with Gasteiger partial charge in [0, 0.05) is 19.3 Å². The van der Waals surface area contributed by atoms with Crippen LogP contribution in [0.1, 0.15) is 17.0 Å². The van der Waals surface area contributed by atoms with Crippen LogP contribution in [0.4, 0.5) is 0 Å². The summed E-state index contributed by atoms with van der Waals surface area (Å²) >= 11 is 0. The van der Waals surface area contributed by atoms with Gasteiger partial charge in [-0.2, -0.15) is 5.26 Å². The van der Waals surface area contributed by atoms with Crippen molar-refractivity contribution in [1.29, 1.82) is 5.26 Å². The Labute approximate surface area is 72.6 Å². The molecule has 3 heteroatoms. The minimum absolute atomic E-state index is 0.720. The summed E-state index contributed by atoms with van der Waals surface area (Å²) < 4.78 is 1.91. The Morgan fingerprint density at radius 1 is 1.67 bits per heavy atom. The summed E-state index contributed by atoms with van der Waals surface area (Å²) in [4.78, 5) is 0. The van der Waals surface area contributed by atoms with Crippen LogP contribution in [0.15, 0.2) is 6.07 Å². The van der Waals surface area contributed by atoms with Gasteiger partial charge in [-0.05, 0) is 25.6 Å². The lowest BCUT2D eigenvalue weighted by atomic mass is 10.2. The first-order chi connectivity index (χ1) is 5.70. The van der Waals surface area contributed by atoms with Gasteiger partial charge in [0.05, 0.1) is 0 Å². The van der Waals surface area contributed by atoms with Crippen LogP contribution in [0.25, 0.3) is 0 Å². The van der Waals surface area contributed by atoms with Gasteiger partial charge in [-0.25, -0.2) is 0 Å². The molecule has 0 spiro atoms. The van der Waals surface area contributed by atoms with E-state index in [9.17, 15) is 0 Å². The Morgan fingerprint density at radius 2 is 2.33 bits per heavy atom. The van der Waals surface area contributed by atoms with Crippen LogP contribution in [0, 0.1) is 18.3 Å². The molecule has 0 unspecified atom stereocenters. The van der Waals surface area contributed by atoms with Gasteiger partial charge < -0.3 is 9.88 Å². The molecular weight excluding hydrogens is 150 g/mol. The fourth-order valence-corrected chi connectivity index (χ4v) is 1.24.